The summed E-state index contributed by atoms with van der Waals surface area (Å²) in [5, 5.41) is 10.3. The van der Waals surface area contributed by atoms with Crippen LogP contribution >= 0.6 is 11.3 Å². The smallest absolute Gasteiger partial charge is 0.127 e. The minimum absolute atomic E-state index is 0.818. The molecular weight excluding hydrogens is 252 g/mol. The predicted octanol–water partition coefficient (Wildman–Crippen LogP) is 3.94. The maximum Gasteiger partial charge on any atom is 0.127 e. The molecule has 2 nitrogen and oxygen atoms in total. The topological polar surface area (TPSA) is 36.7 Å². The number of hydrogen-bond donors (Lipinski definition) is 0. The Hall–Kier alpha value is -0.880. The number of thiazole rings is 1. The van der Waals surface area contributed by atoms with Crippen molar-refractivity contribution in [2.24, 2.45) is 29.6 Å². The summed E-state index contributed by atoms with van der Waals surface area (Å²) in [6.45, 7) is 1.97. The van der Waals surface area contributed by atoms with Gasteiger partial charge >= 0.3 is 0 Å². The number of nitrogens with zero attached hydrogens (tertiary/aromatic N) is 2. The molecule has 4 aliphatic rings. The van der Waals surface area contributed by atoms with E-state index in [1.54, 1.807) is 11.3 Å². The van der Waals surface area contributed by atoms with Gasteiger partial charge in [-0.05, 0) is 68.6 Å². The van der Waals surface area contributed by atoms with E-state index in [4.69, 9.17) is 5.26 Å². The van der Waals surface area contributed by atoms with Crippen molar-refractivity contribution < 1.29 is 0 Å². The zero-order valence-electron chi connectivity index (χ0n) is 11.4. The van der Waals surface area contributed by atoms with Gasteiger partial charge in [-0.15, -0.1) is 11.3 Å². The van der Waals surface area contributed by atoms with E-state index in [1.807, 2.05) is 6.92 Å². The lowest BCUT2D eigenvalue weighted by molar-refractivity contribution is -0.0360. The Morgan fingerprint density at radius 3 is 2.32 bits per heavy atom. The number of nitriles is 1. The van der Waals surface area contributed by atoms with Crippen LogP contribution in [0.3, 0.4) is 0 Å². The second kappa shape index (κ2) is 4.31. The van der Waals surface area contributed by atoms with Gasteiger partial charge in [0, 0.05) is 6.42 Å². The predicted molar refractivity (Wildman–Crippen MR) is 75.8 cm³/mol. The van der Waals surface area contributed by atoms with Crippen LogP contribution in [0.5, 0.6) is 0 Å². The van der Waals surface area contributed by atoms with Crippen molar-refractivity contribution in [1.29, 1.82) is 5.26 Å². The van der Waals surface area contributed by atoms with E-state index < -0.39 is 0 Å². The van der Waals surface area contributed by atoms with E-state index in [0.717, 1.165) is 46.6 Å². The molecule has 3 heteroatoms. The lowest BCUT2D eigenvalue weighted by atomic mass is 9.51. The second-order valence-corrected chi connectivity index (χ2v) is 8.02. The summed E-state index contributed by atoms with van der Waals surface area (Å²) in [5.41, 5.74) is 0.936. The fraction of sp³-hybridized carbons (Fsp3) is 0.750. The fourth-order valence-corrected chi connectivity index (χ4v) is 6.15. The van der Waals surface area contributed by atoms with Crippen LogP contribution in [-0.2, 0) is 6.42 Å². The van der Waals surface area contributed by atoms with Gasteiger partial charge in [-0.2, -0.15) is 5.26 Å². The van der Waals surface area contributed by atoms with Crippen molar-refractivity contribution >= 4 is 11.3 Å². The SMILES string of the molecule is Cc1nc(CC2C3CC4CC(C3)CC2C4)sc1C#N. The Bertz CT molecular complexity index is 511. The minimum Gasteiger partial charge on any atom is -0.245 e. The molecule has 4 saturated carbocycles. The monoisotopic (exact) mass is 272 g/mol. The van der Waals surface area contributed by atoms with E-state index >= 15 is 0 Å². The van der Waals surface area contributed by atoms with E-state index in [-0.39, 0.29) is 0 Å². The Morgan fingerprint density at radius 2 is 1.79 bits per heavy atom. The van der Waals surface area contributed by atoms with E-state index in [2.05, 4.69) is 11.1 Å². The Balaban J connectivity index is 1.55. The van der Waals surface area contributed by atoms with Crippen molar-refractivity contribution in [2.45, 2.75) is 45.4 Å². The molecule has 1 heterocycles. The second-order valence-electron chi connectivity index (χ2n) is 6.93. The standard InChI is InChI=1S/C16H20N2S/c1-9-15(8-17)19-16(18-9)7-14-12-3-10-2-11(5-12)6-13(14)4-10/h10-14H,2-7H2,1H3. The molecule has 19 heavy (non-hydrogen) atoms. The molecule has 0 amide bonds. The van der Waals surface area contributed by atoms with Gasteiger partial charge in [0.15, 0.2) is 0 Å². The summed E-state index contributed by atoms with van der Waals surface area (Å²) < 4.78 is 0. The molecule has 0 aromatic carbocycles. The first-order valence-corrected chi connectivity index (χ1v) is 8.41. The van der Waals surface area contributed by atoms with Crippen molar-refractivity contribution in [2.75, 3.05) is 0 Å². The highest BCUT2D eigenvalue weighted by Crippen LogP contribution is 2.57. The average molecular weight is 272 g/mol. The summed E-state index contributed by atoms with van der Waals surface area (Å²) in [6.07, 6.45) is 8.58. The fourth-order valence-electron chi connectivity index (χ4n) is 5.22. The number of rotatable bonds is 2. The third-order valence-corrected chi connectivity index (χ3v) is 6.86. The van der Waals surface area contributed by atoms with Crippen molar-refractivity contribution in [3.63, 3.8) is 0 Å². The van der Waals surface area contributed by atoms with Crippen molar-refractivity contribution in [1.82, 2.24) is 4.98 Å². The van der Waals surface area contributed by atoms with Gasteiger partial charge in [0.05, 0.1) is 10.7 Å². The maximum absolute atomic E-state index is 9.06. The largest absolute Gasteiger partial charge is 0.245 e. The first kappa shape index (κ1) is 11.9. The van der Waals surface area contributed by atoms with Crippen LogP contribution in [0.2, 0.25) is 0 Å². The van der Waals surface area contributed by atoms with Gasteiger partial charge in [-0.3, -0.25) is 0 Å². The molecule has 5 rings (SSSR count). The average Bonchev–Trinajstić information content (AvgIpc) is 2.73. The van der Waals surface area contributed by atoms with Crippen LogP contribution < -0.4 is 0 Å². The van der Waals surface area contributed by atoms with Crippen LogP contribution in [0.15, 0.2) is 0 Å². The summed E-state index contributed by atoms with van der Waals surface area (Å²) in [5.74, 6) is 4.89. The molecule has 4 aliphatic carbocycles. The number of aromatic nitrogens is 1. The van der Waals surface area contributed by atoms with E-state index in [1.165, 1.54) is 37.1 Å². The third kappa shape index (κ3) is 1.92. The molecule has 0 saturated heterocycles. The van der Waals surface area contributed by atoms with Gasteiger partial charge < -0.3 is 0 Å². The first-order chi connectivity index (χ1) is 9.22. The van der Waals surface area contributed by atoms with Crippen LogP contribution in [0.25, 0.3) is 0 Å². The van der Waals surface area contributed by atoms with Crippen molar-refractivity contribution in [3.05, 3.63) is 15.6 Å². The van der Waals surface area contributed by atoms with Crippen LogP contribution in [-0.4, -0.2) is 4.98 Å². The lowest BCUT2D eigenvalue weighted by Gasteiger charge is -2.54. The van der Waals surface area contributed by atoms with Gasteiger partial charge in [-0.1, -0.05) is 0 Å². The highest BCUT2D eigenvalue weighted by molar-refractivity contribution is 7.12. The van der Waals surface area contributed by atoms with Gasteiger partial charge in [-0.25, -0.2) is 4.98 Å². The molecular formula is C16H20N2S. The maximum atomic E-state index is 9.06. The lowest BCUT2D eigenvalue weighted by Crippen LogP contribution is -2.45. The molecule has 0 radical (unpaired) electrons. The Kier molecular flexibility index (Phi) is 2.70. The van der Waals surface area contributed by atoms with E-state index in [0.29, 0.717) is 0 Å². The Morgan fingerprint density at radius 1 is 1.16 bits per heavy atom. The molecule has 4 fully saturated rings. The van der Waals surface area contributed by atoms with Gasteiger partial charge in [0.2, 0.25) is 0 Å². The quantitative estimate of drug-likeness (QED) is 0.817. The van der Waals surface area contributed by atoms with Gasteiger partial charge in [0.1, 0.15) is 10.9 Å². The summed E-state index contributed by atoms with van der Waals surface area (Å²) in [6, 6.07) is 2.27. The van der Waals surface area contributed by atoms with Gasteiger partial charge in [0.25, 0.3) is 0 Å². The highest BCUT2D eigenvalue weighted by Gasteiger charge is 2.48. The van der Waals surface area contributed by atoms with Crippen LogP contribution in [0, 0.1) is 47.8 Å². The van der Waals surface area contributed by atoms with Crippen LogP contribution in [0.1, 0.15) is 47.7 Å². The molecule has 1 aromatic heterocycles. The Labute approximate surface area is 118 Å². The molecule has 0 spiro atoms. The molecule has 1 aromatic rings. The zero-order valence-corrected chi connectivity index (χ0v) is 12.2. The molecule has 0 unspecified atom stereocenters. The molecule has 4 bridgehead atoms. The molecule has 0 aliphatic heterocycles. The van der Waals surface area contributed by atoms with Crippen LogP contribution in [0.4, 0.5) is 0 Å². The summed E-state index contributed by atoms with van der Waals surface area (Å²) in [4.78, 5) is 5.45. The molecule has 0 N–H and O–H groups in total. The number of hydrogen-bond acceptors (Lipinski definition) is 3. The van der Waals surface area contributed by atoms with Crippen molar-refractivity contribution in [3.8, 4) is 6.07 Å². The summed E-state index contributed by atoms with van der Waals surface area (Å²) >= 11 is 1.63. The first-order valence-electron chi connectivity index (χ1n) is 7.59. The molecule has 0 atom stereocenters. The zero-order chi connectivity index (χ0) is 13.0. The normalized spacial score (nSPS) is 39.5. The number of aryl methyl sites for hydroxylation is 1. The summed E-state index contributed by atoms with van der Waals surface area (Å²) in [7, 11) is 0. The molecule has 100 valence electrons. The highest BCUT2D eigenvalue weighted by atomic mass is 32.1. The third-order valence-electron chi connectivity index (χ3n) is 5.77. The van der Waals surface area contributed by atoms with E-state index in [9.17, 15) is 0 Å². The minimum atomic E-state index is 0.818.